The summed E-state index contributed by atoms with van der Waals surface area (Å²) in [6, 6.07) is 9.29. The van der Waals surface area contributed by atoms with Gasteiger partial charge in [0.15, 0.2) is 0 Å². The number of benzene rings is 2. The molecule has 0 atom stereocenters. The van der Waals surface area contributed by atoms with Crippen LogP contribution in [0.3, 0.4) is 0 Å². The van der Waals surface area contributed by atoms with E-state index in [1.54, 1.807) is 19.2 Å². The zero-order chi connectivity index (χ0) is 13.3. The van der Waals surface area contributed by atoms with Gasteiger partial charge in [-0.2, -0.15) is 0 Å². The molecule has 0 unspecified atom stereocenters. The molecular formula is C14H11Cl3O. The third-order valence-corrected chi connectivity index (χ3v) is 3.69. The minimum absolute atomic E-state index is 0.442. The summed E-state index contributed by atoms with van der Waals surface area (Å²) in [4.78, 5) is 0. The van der Waals surface area contributed by atoms with Crippen molar-refractivity contribution in [3.8, 4) is 16.9 Å². The van der Waals surface area contributed by atoms with Gasteiger partial charge in [-0.15, -0.1) is 0 Å². The second kappa shape index (κ2) is 5.40. The number of hydrogen-bond acceptors (Lipinski definition) is 1. The van der Waals surface area contributed by atoms with Crippen LogP contribution in [0.1, 0.15) is 5.56 Å². The fourth-order valence-corrected chi connectivity index (χ4v) is 2.41. The van der Waals surface area contributed by atoms with Crippen LogP contribution in [0.2, 0.25) is 15.1 Å². The highest BCUT2D eigenvalue weighted by Gasteiger charge is 2.12. The topological polar surface area (TPSA) is 9.23 Å². The van der Waals surface area contributed by atoms with Gasteiger partial charge in [0.05, 0.1) is 22.2 Å². The third kappa shape index (κ3) is 2.59. The van der Waals surface area contributed by atoms with E-state index in [0.29, 0.717) is 15.1 Å². The molecule has 0 N–H and O–H groups in total. The van der Waals surface area contributed by atoms with Gasteiger partial charge in [0.1, 0.15) is 5.75 Å². The molecule has 0 aliphatic heterocycles. The maximum Gasteiger partial charge on any atom is 0.126 e. The smallest absolute Gasteiger partial charge is 0.126 e. The third-order valence-electron chi connectivity index (χ3n) is 2.66. The van der Waals surface area contributed by atoms with E-state index in [1.807, 2.05) is 25.1 Å². The summed E-state index contributed by atoms with van der Waals surface area (Å²) in [5.74, 6) is 0.751. The Morgan fingerprint density at radius 3 is 2.17 bits per heavy atom. The van der Waals surface area contributed by atoms with E-state index in [4.69, 9.17) is 39.5 Å². The van der Waals surface area contributed by atoms with Crippen LogP contribution in [0.25, 0.3) is 11.1 Å². The normalized spacial score (nSPS) is 10.5. The molecule has 2 aromatic rings. The van der Waals surface area contributed by atoms with Crippen molar-refractivity contribution < 1.29 is 4.74 Å². The van der Waals surface area contributed by atoms with Gasteiger partial charge < -0.3 is 4.74 Å². The highest BCUT2D eigenvalue weighted by Crippen LogP contribution is 2.39. The fraction of sp³-hybridized carbons (Fsp3) is 0.143. The molecule has 2 aromatic carbocycles. The predicted molar refractivity (Wildman–Crippen MR) is 78.2 cm³/mol. The summed E-state index contributed by atoms with van der Waals surface area (Å²) in [5.41, 5.74) is 2.83. The molecule has 0 bridgehead atoms. The summed E-state index contributed by atoms with van der Waals surface area (Å²) in [6.45, 7) is 2.01. The zero-order valence-corrected chi connectivity index (χ0v) is 12.2. The van der Waals surface area contributed by atoms with Crippen molar-refractivity contribution >= 4 is 34.8 Å². The van der Waals surface area contributed by atoms with Gasteiger partial charge in [0.2, 0.25) is 0 Å². The molecule has 2 rings (SSSR count). The Morgan fingerprint density at radius 1 is 0.833 bits per heavy atom. The summed E-state index contributed by atoms with van der Waals surface area (Å²) < 4.78 is 5.35. The molecule has 0 heterocycles. The van der Waals surface area contributed by atoms with Crippen LogP contribution in [0, 0.1) is 6.92 Å². The van der Waals surface area contributed by atoms with E-state index in [0.717, 1.165) is 22.4 Å². The first-order chi connectivity index (χ1) is 8.52. The SMILES string of the molecule is COc1ccc(C)cc1-c1cc(Cl)c(Cl)cc1Cl. The monoisotopic (exact) mass is 300 g/mol. The molecule has 0 saturated carbocycles. The maximum atomic E-state index is 6.22. The largest absolute Gasteiger partial charge is 0.496 e. The summed E-state index contributed by atoms with van der Waals surface area (Å²) >= 11 is 18.2. The summed E-state index contributed by atoms with van der Waals surface area (Å²) in [5, 5.41) is 1.46. The highest BCUT2D eigenvalue weighted by atomic mass is 35.5. The van der Waals surface area contributed by atoms with E-state index >= 15 is 0 Å². The Bertz CT molecular complexity index is 594. The second-order valence-corrected chi connectivity index (χ2v) is 5.17. The standard InChI is InChI=1S/C14H11Cl3O/c1-8-3-4-14(18-2)10(5-8)9-6-12(16)13(17)7-11(9)15/h3-7H,1-2H3. The molecule has 4 heteroatoms. The van der Waals surface area contributed by atoms with Crippen molar-refractivity contribution in [2.45, 2.75) is 6.92 Å². The Labute approximate surface area is 121 Å². The minimum atomic E-state index is 0.442. The lowest BCUT2D eigenvalue weighted by atomic mass is 10.0. The molecule has 18 heavy (non-hydrogen) atoms. The number of aryl methyl sites for hydroxylation is 1. The Morgan fingerprint density at radius 2 is 1.50 bits per heavy atom. The minimum Gasteiger partial charge on any atom is -0.496 e. The summed E-state index contributed by atoms with van der Waals surface area (Å²) in [6.07, 6.45) is 0. The molecule has 0 spiro atoms. The van der Waals surface area contributed by atoms with Crippen molar-refractivity contribution in [2.75, 3.05) is 7.11 Å². The van der Waals surface area contributed by atoms with Crippen LogP contribution in [-0.2, 0) is 0 Å². The number of halogens is 3. The average Bonchev–Trinajstić information content (AvgIpc) is 2.34. The number of ether oxygens (including phenoxy) is 1. The van der Waals surface area contributed by atoms with Gasteiger partial charge in [-0.05, 0) is 31.2 Å². The number of hydrogen-bond donors (Lipinski definition) is 0. The number of methoxy groups -OCH3 is 1. The molecule has 0 fully saturated rings. The van der Waals surface area contributed by atoms with Gasteiger partial charge in [0, 0.05) is 11.1 Å². The van der Waals surface area contributed by atoms with Crippen molar-refractivity contribution in [1.82, 2.24) is 0 Å². The Balaban J connectivity index is 2.68. The molecule has 0 aliphatic carbocycles. The zero-order valence-electron chi connectivity index (χ0n) is 9.93. The predicted octanol–water partition coefficient (Wildman–Crippen LogP) is 5.63. The van der Waals surface area contributed by atoms with E-state index in [1.165, 1.54) is 0 Å². The van der Waals surface area contributed by atoms with Crippen LogP contribution in [0.5, 0.6) is 5.75 Å². The van der Waals surface area contributed by atoms with Crippen molar-refractivity contribution in [3.63, 3.8) is 0 Å². The van der Waals surface area contributed by atoms with Crippen LogP contribution < -0.4 is 4.74 Å². The van der Waals surface area contributed by atoms with E-state index in [2.05, 4.69) is 0 Å². The van der Waals surface area contributed by atoms with Crippen LogP contribution in [-0.4, -0.2) is 7.11 Å². The molecule has 0 amide bonds. The lowest BCUT2D eigenvalue weighted by Gasteiger charge is -2.12. The lowest BCUT2D eigenvalue weighted by Crippen LogP contribution is -1.90. The molecule has 0 aliphatic rings. The summed E-state index contributed by atoms with van der Waals surface area (Å²) in [7, 11) is 1.62. The van der Waals surface area contributed by atoms with E-state index in [-0.39, 0.29) is 0 Å². The van der Waals surface area contributed by atoms with Gasteiger partial charge in [-0.1, -0.05) is 46.4 Å². The molecule has 0 aromatic heterocycles. The van der Waals surface area contributed by atoms with Crippen molar-refractivity contribution in [3.05, 3.63) is 51.0 Å². The van der Waals surface area contributed by atoms with Crippen LogP contribution in [0.4, 0.5) is 0 Å². The van der Waals surface area contributed by atoms with E-state index < -0.39 is 0 Å². The second-order valence-electron chi connectivity index (χ2n) is 3.95. The van der Waals surface area contributed by atoms with Crippen LogP contribution >= 0.6 is 34.8 Å². The maximum absolute atomic E-state index is 6.22. The van der Waals surface area contributed by atoms with Gasteiger partial charge in [0.25, 0.3) is 0 Å². The molecule has 0 saturated heterocycles. The fourth-order valence-electron chi connectivity index (χ4n) is 1.76. The molecule has 94 valence electrons. The highest BCUT2D eigenvalue weighted by molar-refractivity contribution is 6.44. The van der Waals surface area contributed by atoms with Crippen LogP contribution in [0.15, 0.2) is 30.3 Å². The molecule has 0 radical (unpaired) electrons. The Kier molecular flexibility index (Phi) is 4.06. The lowest BCUT2D eigenvalue weighted by molar-refractivity contribution is 0.416. The first-order valence-corrected chi connectivity index (χ1v) is 6.46. The first kappa shape index (κ1) is 13.5. The van der Waals surface area contributed by atoms with Gasteiger partial charge in [-0.3, -0.25) is 0 Å². The number of rotatable bonds is 2. The first-order valence-electron chi connectivity index (χ1n) is 5.32. The molecular weight excluding hydrogens is 291 g/mol. The van der Waals surface area contributed by atoms with Gasteiger partial charge in [-0.25, -0.2) is 0 Å². The Hall–Kier alpha value is -0.890. The quantitative estimate of drug-likeness (QED) is 0.653. The molecule has 1 nitrogen and oxygen atoms in total. The van der Waals surface area contributed by atoms with E-state index in [9.17, 15) is 0 Å². The average molecular weight is 302 g/mol. The van der Waals surface area contributed by atoms with Crippen molar-refractivity contribution in [1.29, 1.82) is 0 Å². The van der Waals surface area contributed by atoms with Crippen molar-refractivity contribution in [2.24, 2.45) is 0 Å². The van der Waals surface area contributed by atoms with Gasteiger partial charge >= 0.3 is 0 Å².